The summed E-state index contributed by atoms with van der Waals surface area (Å²) in [7, 11) is 0. The van der Waals surface area contributed by atoms with Crippen LogP contribution in [0, 0.1) is 5.92 Å². The van der Waals surface area contributed by atoms with Gasteiger partial charge in [0.05, 0.1) is 0 Å². The second-order valence-electron chi connectivity index (χ2n) is 4.08. The molecule has 18 heavy (non-hydrogen) atoms. The van der Waals surface area contributed by atoms with E-state index in [1.807, 2.05) is 0 Å². The molecule has 0 aliphatic heterocycles. The van der Waals surface area contributed by atoms with E-state index in [1.54, 1.807) is 13.0 Å². The lowest BCUT2D eigenvalue weighted by Crippen LogP contribution is -2.59. The predicted molar refractivity (Wildman–Crippen MR) is 58.8 cm³/mol. The van der Waals surface area contributed by atoms with E-state index >= 15 is 0 Å². The smallest absolute Gasteiger partial charge is 0.471 e. The number of amides is 1. The lowest BCUT2D eigenvalue weighted by Gasteiger charge is -2.31. The SMILES string of the molecule is CC/C=C/[C@@H](C)[C@](C)(NC(=O)C(F)(F)F)C(=O)O. The highest BCUT2D eigenvalue weighted by atomic mass is 19.4. The van der Waals surface area contributed by atoms with Crippen molar-refractivity contribution in [3.8, 4) is 0 Å². The van der Waals surface area contributed by atoms with Gasteiger partial charge in [0.2, 0.25) is 0 Å². The summed E-state index contributed by atoms with van der Waals surface area (Å²) in [5.74, 6) is -4.56. The molecule has 0 fully saturated rings. The molecule has 0 heterocycles. The third-order valence-corrected chi connectivity index (χ3v) is 2.65. The van der Waals surface area contributed by atoms with E-state index in [4.69, 9.17) is 5.11 Å². The first-order valence-corrected chi connectivity index (χ1v) is 5.35. The Morgan fingerprint density at radius 1 is 1.39 bits per heavy atom. The van der Waals surface area contributed by atoms with Gasteiger partial charge < -0.3 is 10.4 Å². The number of carbonyl (C=O) groups excluding carboxylic acids is 1. The molecule has 0 unspecified atom stereocenters. The second kappa shape index (κ2) is 5.88. The van der Waals surface area contributed by atoms with E-state index in [2.05, 4.69) is 0 Å². The Morgan fingerprint density at radius 2 is 1.89 bits per heavy atom. The minimum Gasteiger partial charge on any atom is -0.479 e. The highest BCUT2D eigenvalue weighted by molar-refractivity contribution is 5.89. The number of nitrogens with one attached hydrogen (secondary N) is 1. The monoisotopic (exact) mass is 267 g/mol. The maximum atomic E-state index is 12.1. The summed E-state index contributed by atoms with van der Waals surface area (Å²) in [5.41, 5.74) is -2.00. The number of rotatable bonds is 5. The number of carboxylic acids is 1. The molecule has 2 N–H and O–H groups in total. The van der Waals surface area contributed by atoms with Crippen LogP contribution in [-0.2, 0) is 9.59 Å². The minimum atomic E-state index is -5.11. The van der Waals surface area contributed by atoms with Crippen LogP contribution >= 0.6 is 0 Å². The van der Waals surface area contributed by atoms with Gasteiger partial charge in [-0.1, -0.05) is 26.0 Å². The molecule has 0 aliphatic carbocycles. The number of allylic oxidation sites excluding steroid dienone is 1. The van der Waals surface area contributed by atoms with Crippen molar-refractivity contribution < 1.29 is 27.9 Å². The van der Waals surface area contributed by atoms with E-state index in [9.17, 15) is 22.8 Å². The molecular weight excluding hydrogens is 251 g/mol. The fourth-order valence-corrected chi connectivity index (χ4v) is 1.20. The Kier molecular flexibility index (Phi) is 5.38. The highest BCUT2D eigenvalue weighted by Gasteiger charge is 2.47. The average molecular weight is 267 g/mol. The maximum absolute atomic E-state index is 12.1. The van der Waals surface area contributed by atoms with Crippen LogP contribution in [-0.4, -0.2) is 28.7 Å². The number of halogens is 3. The lowest BCUT2D eigenvalue weighted by atomic mass is 9.86. The van der Waals surface area contributed by atoms with Crippen molar-refractivity contribution in [1.29, 1.82) is 0 Å². The fraction of sp³-hybridized carbons (Fsp3) is 0.636. The first-order valence-electron chi connectivity index (χ1n) is 5.35. The highest BCUT2D eigenvalue weighted by Crippen LogP contribution is 2.23. The molecule has 2 atom stereocenters. The van der Waals surface area contributed by atoms with Gasteiger partial charge in [0, 0.05) is 5.92 Å². The number of alkyl halides is 3. The molecule has 0 spiro atoms. The molecule has 0 aromatic carbocycles. The average Bonchev–Trinajstić information content (AvgIpc) is 2.23. The number of aliphatic carboxylic acids is 1. The number of hydrogen-bond acceptors (Lipinski definition) is 2. The van der Waals surface area contributed by atoms with Gasteiger partial charge in [0.15, 0.2) is 0 Å². The zero-order valence-electron chi connectivity index (χ0n) is 10.3. The van der Waals surface area contributed by atoms with Gasteiger partial charge in [0.25, 0.3) is 0 Å². The maximum Gasteiger partial charge on any atom is 0.471 e. The van der Waals surface area contributed by atoms with Gasteiger partial charge in [-0.25, -0.2) is 4.79 Å². The van der Waals surface area contributed by atoms with Gasteiger partial charge in [-0.3, -0.25) is 4.79 Å². The molecule has 4 nitrogen and oxygen atoms in total. The van der Waals surface area contributed by atoms with Gasteiger partial charge in [-0.15, -0.1) is 0 Å². The second-order valence-corrected chi connectivity index (χ2v) is 4.08. The Hall–Kier alpha value is -1.53. The molecule has 0 aliphatic rings. The van der Waals surface area contributed by atoms with Crippen LogP contribution < -0.4 is 5.32 Å². The Labute approximate surface area is 103 Å². The summed E-state index contributed by atoms with van der Waals surface area (Å²) >= 11 is 0. The Morgan fingerprint density at radius 3 is 2.22 bits per heavy atom. The van der Waals surface area contributed by atoms with Gasteiger partial charge >= 0.3 is 18.1 Å². The molecule has 0 saturated carbocycles. The van der Waals surface area contributed by atoms with E-state index in [1.165, 1.54) is 18.3 Å². The van der Waals surface area contributed by atoms with Crippen LogP contribution in [0.1, 0.15) is 27.2 Å². The van der Waals surface area contributed by atoms with Crippen LogP contribution in [0.3, 0.4) is 0 Å². The molecule has 1 amide bonds. The van der Waals surface area contributed by atoms with Crippen molar-refractivity contribution in [2.75, 3.05) is 0 Å². The topological polar surface area (TPSA) is 66.4 Å². The molecule has 0 aromatic rings. The summed E-state index contributed by atoms with van der Waals surface area (Å²) in [4.78, 5) is 21.9. The van der Waals surface area contributed by atoms with E-state index < -0.39 is 29.5 Å². The van der Waals surface area contributed by atoms with Crippen LogP contribution in [0.15, 0.2) is 12.2 Å². The zero-order chi connectivity index (χ0) is 14.6. The summed E-state index contributed by atoms with van der Waals surface area (Å²) in [6, 6.07) is 0. The zero-order valence-corrected chi connectivity index (χ0v) is 10.3. The van der Waals surface area contributed by atoms with E-state index in [-0.39, 0.29) is 0 Å². The third-order valence-electron chi connectivity index (χ3n) is 2.65. The standard InChI is InChI=1S/C11H16F3NO3/c1-4-5-6-7(2)10(3,9(17)18)15-8(16)11(12,13)14/h5-7H,4H2,1-3H3,(H,15,16)(H,17,18)/b6-5+/t7-,10+/m1/s1. The van der Waals surface area contributed by atoms with Crippen molar-refractivity contribution in [3.63, 3.8) is 0 Å². The minimum absolute atomic E-state index is 0.618. The molecular formula is C11H16F3NO3. The lowest BCUT2D eigenvalue weighted by molar-refractivity contribution is -0.178. The van der Waals surface area contributed by atoms with Crippen molar-refractivity contribution in [2.45, 2.75) is 38.9 Å². The fourth-order valence-electron chi connectivity index (χ4n) is 1.20. The van der Waals surface area contributed by atoms with Gasteiger partial charge in [-0.2, -0.15) is 13.2 Å². The van der Waals surface area contributed by atoms with Crippen molar-refractivity contribution >= 4 is 11.9 Å². The van der Waals surface area contributed by atoms with Crippen LogP contribution in [0.25, 0.3) is 0 Å². The van der Waals surface area contributed by atoms with Crippen LogP contribution in [0.5, 0.6) is 0 Å². The molecule has 0 rings (SSSR count). The molecule has 0 saturated heterocycles. The molecule has 0 bridgehead atoms. The first kappa shape index (κ1) is 16.5. The summed E-state index contributed by atoms with van der Waals surface area (Å²) in [6.07, 6.45) is -1.39. The van der Waals surface area contributed by atoms with Crippen molar-refractivity contribution in [2.24, 2.45) is 5.92 Å². The van der Waals surface area contributed by atoms with Crippen molar-refractivity contribution in [1.82, 2.24) is 5.32 Å². The van der Waals surface area contributed by atoms with Gasteiger partial charge in [0.1, 0.15) is 5.54 Å². The predicted octanol–water partition coefficient (Wildman–Crippen LogP) is 2.11. The van der Waals surface area contributed by atoms with E-state index in [0.717, 1.165) is 6.92 Å². The number of carboxylic acid groups (broad SMARTS) is 1. The number of carbonyl (C=O) groups is 2. The van der Waals surface area contributed by atoms with Gasteiger partial charge in [-0.05, 0) is 13.3 Å². The Bertz CT molecular complexity index is 352. The quantitative estimate of drug-likeness (QED) is 0.750. The Balaban J connectivity index is 5.12. The summed E-state index contributed by atoms with van der Waals surface area (Å²) in [5, 5.41) is 10.5. The largest absolute Gasteiger partial charge is 0.479 e. The third kappa shape index (κ3) is 4.05. The van der Waals surface area contributed by atoms with Crippen LogP contribution in [0.4, 0.5) is 13.2 Å². The molecule has 0 radical (unpaired) electrons. The molecule has 104 valence electrons. The van der Waals surface area contributed by atoms with Crippen LogP contribution in [0.2, 0.25) is 0 Å². The number of hydrogen-bond donors (Lipinski definition) is 2. The van der Waals surface area contributed by atoms with E-state index in [0.29, 0.717) is 6.42 Å². The first-order chi connectivity index (χ1) is 8.05. The normalized spacial score (nSPS) is 17.2. The molecule has 0 aromatic heterocycles. The summed E-state index contributed by atoms with van der Waals surface area (Å²) < 4.78 is 36.4. The molecule has 7 heteroatoms. The van der Waals surface area contributed by atoms with Crippen molar-refractivity contribution in [3.05, 3.63) is 12.2 Å². The summed E-state index contributed by atoms with van der Waals surface area (Å²) in [6.45, 7) is 4.27.